The zero-order chi connectivity index (χ0) is 12.0. The fraction of sp³-hybridized carbons (Fsp3) is 0.917. The van der Waals surface area contributed by atoms with Crippen LogP contribution >= 0.6 is 0 Å². The number of carbonyl (C=O) groups is 1. The molecule has 0 saturated carbocycles. The molecule has 1 aliphatic rings. The maximum Gasteiger partial charge on any atom is 0.237 e. The number of hydrogen-bond acceptors (Lipinski definition) is 3. The summed E-state index contributed by atoms with van der Waals surface area (Å²) in [5, 5.41) is 15.3. The first-order chi connectivity index (χ1) is 7.65. The molecular weight excluding hydrogens is 204 g/mol. The molecule has 3 N–H and O–H groups in total. The summed E-state index contributed by atoms with van der Waals surface area (Å²) in [6.07, 6.45) is 4.36. The van der Waals surface area contributed by atoms with Crippen molar-refractivity contribution in [3.63, 3.8) is 0 Å². The standard InChI is InChI=1S/C12H24N2O2/c1-9(2)11(8-15)14-12(16)10-6-4-3-5-7-13-10/h9-11,13,15H,3-8H2,1-2H3,(H,14,16). The van der Waals surface area contributed by atoms with Gasteiger partial charge in [0.2, 0.25) is 5.91 Å². The summed E-state index contributed by atoms with van der Waals surface area (Å²) in [6.45, 7) is 4.93. The number of aliphatic hydroxyl groups is 1. The van der Waals surface area contributed by atoms with Crippen LogP contribution in [0.3, 0.4) is 0 Å². The molecule has 1 aliphatic heterocycles. The molecule has 1 saturated heterocycles. The van der Waals surface area contributed by atoms with Gasteiger partial charge in [-0.15, -0.1) is 0 Å². The number of nitrogens with one attached hydrogen (secondary N) is 2. The van der Waals surface area contributed by atoms with E-state index in [1.807, 2.05) is 13.8 Å². The van der Waals surface area contributed by atoms with Crippen molar-refractivity contribution in [1.82, 2.24) is 10.6 Å². The fourth-order valence-electron chi connectivity index (χ4n) is 1.96. The highest BCUT2D eigenvalue weighted by Crippen LogP contribution is 2.09. The van der Waals surface area contributed by atoms with Gasteiger partial charge in [0.15, 0.2) is 0 Å². The summed E-state index contributed by atoms with van der Waals surface area (Å²) in [7, 11) is 0. The number of aliphatic hydroxyl groups excluding tert-OH is 1. The van der Waals surface area contributed by atoms with E-state index >= 15 is 0 Å². The largest absolute Gasteiger partial charge is 0.394 e. The van der Waals surface area contributed by atoms with E-state index in [0.29, 0.717) is 0 Å². The Morgan fingerprint density at radius 3 is 2.81 bits per heavy atom. The third-order valence-corrected chi connectivity index (χ3v) is 3.21. The maximum atomic E-state index is 11.9. The first-order valence-electron chi connectivity index (χ1n) is 6.29. The number of hydrogen-bond donors (Lipinski definition) is 3. The number of amides is 1. The summed E-state index contributed by atoms with van der Waals surface area (Å²) >= 11 is 0. The predicted molar refractivity (Wildman–Crippen MR) is 64.1 cm³/mol. The van der Waals surface area contributed by atoms with Crippen molar-refractivity contribution in [2.24, 2.45) is 5.92 Å². The summed E-state index contributed by atoms with van der Waals surface area (Å²) in [4.78, 5) is 11.9. The minimum absolute atomic E-state index is 0.0100. The van der Waals surface area contributed by atoms with Crippen LogP contribution in [0.1, 0.15) is 39.5 Å². The predicted octanol–water partition coefficient (Wildman–Crippen LogP) is 0.652. The molecule has 4 nitrogen and oxygen atoms in total. The smallest absolute Gasteiger partial charge is 0.237 e. The van der Waals surface area contributed by atoms with Gasteiger partial charge >= 0.3 is 0 Å². The second kappa shape index (κ2) is 6.86. The van der Waals surface area contributed by atoms with Crippen molar-refractivity contribution in [1.29, 1.82) is 0 Å². The van der Waals surface area contributed by atoms with E-state index in [4.69, 9.17) is 5.11 Å². The lowest BCUT2D eigenvalue weighted by Gasteiger charge is -2.23. The summed E-state index contributed by atoms with van der Waals surface area (Å²) in [5.74, 6) is 0.300. The molecule has 2 unspecified atom stereocenters. The van der Waals surface area contributed by atoms with Crippen LogP contribution in [0.15, 0.2) is 0 Å². The van der Waals surface area contributed by atoms with Gasteiger partial charge in [-0.1, -0.05) is 26.7 Å². The molecule has 0 aromatic carbocycles. The molecule has 4 heteroatoms. The van der Waals surface area contributed by atoms with Crippen LogP contribution in [0, 0.1) is 5.92 Å². The van der Waals surface area contributed by atoms with Gasteiger partial charge in [0.05, 0.1) is 18.7 Å². The van der Waals surface area contributed by atoms with Crippen molar-refractivity contribution in [3.05, 3.63) is 0 Å². The van der Waals surface area contributed by atoms with Crippen LogP contribution in [0.5, 0.6) is 0 Å². The first-order valence-corrected chi connectivity index (χ1v) is 6.29. The number of carbonyl (C=O) groups excluding carboxylic acids is 1. The third kappa shape index (κ3) is 4.10. The lowest BCUT2D eigenvalue weighted by Crippen LogP contribution is -2.50. The first kappa shape index (κ1) is 13.5. The van der Waals surface area contributed by atoms with E-state index in [0.717, 1.165) is 25.8 Å². The molecule has 94 valence electrons. The lowest BCUT2D eigenvalue weighted by atomic mass is 10.0. The highest BCUT2D eigenvalue weighted by molar-refractivity contribution is 5.82. The molecule has 0 spiro atoms. The highest BCUT2D eigenvalue weighted by atomic mass is 16.3. The van der Waals surface area contributed by atoms with Crippen LogP contribution in [0.2, 0.25) is 0 Å². The Kier molecular flexibility index (Phi) is 5.77. The third-order valence-electron chi connectivity index (χ3n) is 3.21. The molecule has 2 atom stereocenters. The number of rotatable bonds is 4. The van der Waals surface area contributed by atoms with Crippen LogP contribution < -0.4 is 10.6 Å². The minimum Gasteiger partial charge on any atom is -0.394 e. The van der Waals surface area contributed by atoms with Crippen molar-refractivity contribution < 1.29 is 9.90 Å². The lowest BCUT2D eigenvalue weighted by molar-refractivity contribution is -0.124. The van der Waals surface area contributed by atoms with Gasteiger partial charge in [0.1, 0.15) is 0 Å². The van der Waals surface area contributed by atoms with Crippen LogP contribution in [0.4, 0.5) is 0 Å². The van der Waals surface area contributed by atoms with Crippen molar-refractivity contribution >= 4 is 5.91 Å². The molecule has 16 heavy (non-hydrogen) atoms. The van der Waals surface area contributed by atoms with Gasteiger partial charge in [0.25, 0.3) is 0 Å². The molecule has 1 rings (SSSR count). The molecule has 1 heterocycles. The summed E-state index contributed by atoms with van der Waals surface area (Å²) in [6, 6.07) is -0.201. The molecule has 0 aromatic heterocycles. The van der Waals surface area contributed by atoms with Gasteiger partial charge in [-0.05, 0) is 25.3 Å². The van der Waals surface area contributed by atoms with E-state index in [1.54, 1.807) is 0 Å². The zero-order valence-corrected chi connectivity index (χ0v) is 10.3. The Morgan fingerprint density at radius 1 is 1.44 bits per heavy atom. The van der Waals surface area contributed by atoms with E-state index in [1.165, 1.54) is 6.42 Å². The molecular formula is C12H24N2O2. The van der Waals surface area contributed by atoms with Crippen LogP contribution in [-0.4, -0.2) is 36.2 Å². The van der Waals surface area contributed by atoms with E-state index in [2.05, 4.69) is 10.6 Å². The van der Waals surface area contributed by atoms with Gasteiger partial charge in [-0.25, -0.2) is 0 Å². The Labute approximate surface area is 97.8 Å². The Balaban J connectivity index is 2.42. The van der Waals surface area contributed by atoms with Gasteiger partial charge in [-0.2, -0.15) is 0 Å². The summed E-state index contributed by atoms with van der Waals surface area (Å²) in [5.41, 5.74) is 0. The average molecular weight is 228 g/mol. The van der Waals surface area contributed by atoms with Crippen molar-refractivity contribution in [3.8, 4) is 0 Å². The Morgan fingerprint density at radius 2 is 2.19 bits per heavy atom. The molecule has 1 fully saturated rings. The molecule has 0 aromatic rings. The molecule has 0 aliphatic carbocycles. The average Bonchev–Trinajstić information content (AvgIpc) is 2.53. The highest BCUT2D eigenvalue weighted by Gasteiger charge is 2.22. The van der Waals surface area contributed by atoms with Crippen LogP contribution in [-0.2, 0) is 4.79 Å². The Hall–Kier alpha value is -0.610. The monoisotopic (exact) mass is 228 g/mol. The normalized spacial score (nSPS) is 23.9. The molecule has 0 radical (unpaired) electrons. The maximum absolute atomic E-state index is 11.9. The topological polar surface area (TPSA) is 61.4 Å². The van der Waals surface area contributed by atoms with Crippen LogP contribution in [0.25, 0.3) is 0 Å². The minimum atomic E-state index is -0.127. The van der Waals surface area contributed by atoms with Gasteiger partial charge < -0.3 is 15.7 Å². The SMILES string of the molecule is CC(C)C(CO)NC(=O)C1CCCCCN1. The van der Waals surface area contributed by atoms with E-state index in [-0.39, 0.29) is 30.5 Å². The Bertz CT molecular complexity index is 211. The second-order valence-electron chi connectivity index (χ2n) is 4.90. The zero-order valence-electron chi connectivity index (χ0n) is 10.3. The van der Waals surface area contributed by atoms with E-state index < -0.39 is 0 Å². The van der Waals surface area contributed by atoms with Crippen molar-refractivity contribution in [2.75, 3.05) is 13.2 Å². The molecule has 0 bridgehead atoms. The second-order valence-corrected chi connectivity index (χ2v) is 4.90. The van der Waals surface area contributed by atoms with Gasteiger partial charge in [-0.3, -0.25) is 4.79 Å². The molecule has 1 amide bonds. The van der Waals surface area contributed by atoms with E-state index in [9.17, 15) is 4.79 Å². The fourth-order valence-corrected chi connectivity index (χ4v) is 1.96. The summed E-state index contributed by atoms with van der Waals surface area (Å²) < 4.78 is 0. The van der Waals surface area contributed by atoms with Gasteiger partial charge in [0, 0.05) is 0 Å². The van der Waals surface area contributed by atoms with Crippen molar-refractivity contribution in [2.45, 2.75) is 51.6 Å². The quantitative estimate of drug-likeness (QED) is 0.662.